The summed E-state index contributed by atoms with van der Waals surface area (Å²) < 4.78 is 0. The third-order valence-electron chi connectivity index (χ3n) is 1.00. The fourth-order valence-electron chi connectivity index (χ4n) is 0. The molecule has 0 aliphatic heterocycles. The number of halogens is 2. The van der Waals surface area contributed by atoms with E-state index >= 15 is 0 Å². The minimum atomic E-state index is 0. The van der Waals surface area contributed by atoms with Crippen LogP contribution in [0.25, 0.3) is 0 Å². The van der Waals surface area contributed by atoms with Gasteiger partial charge in [-0.1, -0.05) is 18.6 Å². The van der Waals surface area contributed by atoms with Crippen LogP contribution in [-0.4, -0.2) is 0 Å². The van der Waals surface area contributed by atoms with Crippen LogP contribution < -0.4 is 0 Å². The Bertz CT molecular complexity index is 71.6. The van der Waals surface area contributed by atoms with Crippen LogP contribution in [0.15, 0.2) is 11.1 Å². The SMILES string of the molecule is C.CC(C)=C(C)C.[I][V][I]. The molecule has 0 aromatic carbocycles. The first-order valence-electron chi connectivity index (χ1n) is 2.59. The molecule has 63 valence electrons. The second-order valence-electron chi connectivity index (χ2n) is 2.06. The molecular formula is C7H16I2V. The molecule has 0 nitrogen and oxygen atoms in total. The fraction of sp³-hybridized carbons (Fsp3) is 0.714. The summed E-state index contributed by atoms with van der Waals surface area (Å²) in [6.07, 6.45) is 0. The van der Waals surface area contributed by atoms with E-state index in [1.165, 1.54) is 11.1 Å². The van der Waals surface area contributed by atoms with Gasteiger partial charge in [0.2, 0.25) is 0 Å². The molecule has 0 N–H and O–H groups in total. The Balaban J connectivity index is -0.000000107. The van der Waals surface area contributed by atoms with Crippen molar-refractivity contribution in [2.75, 3.05) is 0 Å². The molecule has 0 bridgehead atoms. The van der Waals surface area contributed by atoms with Crippen molar-refractivity contribution in [3.63, 3.8) is 0 Å². The van der Waals surface area contributed by atoms with Crippen LogP contribution in [0.5, 0.6) is 0 Å². The molecule has 0 atom stereocenters. The van der Waals surface area contributed by atoms with Crippen LogP contribution in [0.4, 0.5) is 0 Å². The van der Waals surface area contributed by atoms with Crippen molar-refractivity contribution in [1.82, 2.24) is 0 Å². The van der Waals surface area contributed by atoms with E-state index in [1.54, 1.807) is 0 Å². The molecule has 10 heavy (non-hydrogen) atoms. The summed E-state index contributed by atoms with van der Waals surface area (Å²) in [7, 11) is 0.628. The quantitative estimate of drug-likeness (QED) is 0.403. The van der Waals surface area contributed by atoms with Gasteiger partial charge in [0.1, 0.15) is 0 Å². The van der Waals surface area contributed by atoms with Crippen molar-refractivity contribution in [3.8, 4) is 0 Å². The Morgan fingerprint density at radius 3 is 1.00 bits per heavy atom. The van der Waals surface area contributed by atoms with Gasteiger partial charge in [0.25, 0.3) is 0 Å². The van der Waals surface area contributed by atoms with Crippen molar-refractivity contribution in [3.05, 3.63) is 11.1 Å². The molecule has 0 aliphatic rings. The topological polar surface area (TPSA) is 0 Å². The van der Waals surface area contributed by atoms with Crippen LogP contribution in [0.3, 0.4) is 0 Å². The molecule has 0 heterocycles. The van der Waals surface area contributed by atoms with Gasteiger partial charge in [0, 0.05) is 0 Å². The third-order valence-corrected chi connectivity index (χ3v) is 1.00. The van der Waals surface area contributed by atoms with Gasteiger partial charge in [-0.3, -0.25) is 0 Å². The maximum absolute atomic E-state index is 2.37. The summed E-state index contributed by atoms with van der Waals surface area (Å²) in [5, 5.41) is 0. The molecule has 0 aliphatic carbocycles. The minimum absolute atomic E-state index is 0. The van der Waals surface area contributed by atoms with Crippen LogP contribution in [0, 0.1) is 0 Å². The first kappa shape index (κ1) is 17.8. The van der Waals surface area contributed by atoms with E-state index in [0.717, 1.165) is 0 Å². The van der Waals surface area contributed by atoms with Crippen molar-refractivity contribution in [2.24, 2.45) is 0 Å². The Morgan fingerprint density at radius 1 is 0.900 bits per heavy atom. The molecule has 0 saturated carbocycles. The van der Waals surface area contributed by atoms with E-state index in [-0.39, 0.29) is 7.43 Å². The normalized spacial score (nSPS) is 6.20. The zero-order chi connectivity index (χ0) is 7.86. The van der Waals surface area contributed by atoms with Gasteiger partial charge in [-0.2, -0.15) is 0 Å². The van der Waals surface area contributed by atoms with E-state index in [9.17, 15) is 0 Å². The first-order chi connectivity index (χ1) is 4.06. The second kappa shape index (κ2) is 13.4. The summed E-state index contributed by atoms with van der Waals surface area (Å²) >= 11 is 4.74. The van der Waals surface area contributed by atoms with E-state index in [0.29, 0.717) is 9.47 Å². The Labute approximate surface area is 94.5 Å². The molecule has 0 radical (unpaired) electrons. The molecule has 0 saturated heterocycles. The van der Waals surface area contributed by atoms with E-state index in [1.807, 2.05) is 0 Å². The summed E-state index contributed by atoms with van der Waals surface area (Å²) in [5.74, 6) is 0. The zero-order valence-corrected chi connectivity index (χ0v) is 11.9. The van der Waals surface area contributed by atoms with E-state index < -0.39 is 0 Å². The molecule has 0 spiro atoms. The molecule has 3 heteroatoms. The summed E-state index contributed by atoms with van der Waals surface area (Å²) in [6, 6.07) is 0. The standard InChI is InChI=1S/C6H12.CH4.2HI.V/c1-5(2)6(3)4;;;;/h1-4H3;1H4;2*1H;/q;;;;+2/p-2. The van der Waals surface area contributed by atoms with Gasteiger partial charge in [-0.25, -0.2) is 0 Å². The predicted molar refractivity (Wildman–Crippen MR) is 64.5 cm³/mol. The van der Waals surface area contributed by atoms with Gasteiger partial charge in [0.15, 0.2) is 0 Å². The van der Waals surface area contributed by atoms with E-state index in [2.05, 4.69) is 67.7 Å². The first-order valence-corrected chi connectivity index (χ1v) is 11.6. The van der Waals surface area contributed by atoms with Gasteiger partial charge in [-0.15, -0.1) is 0 Å². The van der Waals surface area contributed by atoms with Crippen molar-refractivity contribution in [1.29, 1.82) is 0 Å². The molecule has 0 fully saturated rings. The Hall–Kier alpha value is 1.78. The van der Waals surface area contributed by atoms with E-state index in [4.69, 9.17) is 0 Å². The molecule has 0 aromatic heterocycles. The van der Waals surface area contributed by atoms with Crippen LogP contribution in [-0.2, 0) is 9.47 Å². The van der Waals surface area contributed by atoms with Gasteiger partial charge in [-0.05, 0) is 27.7 Å². The molecule has 0 rings (SSSR count). The summed E-state index contributed by atoms with van der Waals surface area (Å²) in [5.41, 5.74) is 2.85. The third kappa shape index (κ3) is 22.6. The number of allylic oxidation sites excluding steroid dienone is 2. The van der Waals surface area contributed by atoms with Gasteiger partial charge in [0.05, 0.1) is 0 Å². The molecule has 0 amide bonds. The van der Waals surface area contributed by atoms with Crippen LogP contribution in [0.1, 0.15) is 35.1 Å². The van der Waals surface area contributed by atoms with Crippen molar-refractivity contribution >= 4 is 40.0 Å². The second-order valence-corrected chi connectivity index (χ2v) is 13.9. The van der Waals surface area contributed by atoms with Crippen molar-refractivity contribution < 1.29 is 9.47 Å². The zero-order valence-electron chi connectivity index (χ0n) is 6.20. The molecule has 0 aromatic rings. The Morgan fingerprint density at radius 2 is 1.00 bits per heavy atom. The van der Waals surface area contributed by atoms with Gasteiger partial charge >= 0.3 is 49.4 Å². The number of hydrogen-bond donors (Lipinski definition) is 0. The van der Waals surface area contributed by atoms with Crippen LogP contribution in [0.2, 0.25) is 0 Å². The molecule has 0 unspecified atom stereocenters. The molecular weight excluding hydrogens is 389 g/mol. The summed E-state index contributed by atoms with van der Waals surface area (Å²) in [6.45, 7) is 8.48. The Kier molecular flexibility index (Phi) is 23.8. The van der Waals surface area contributed by atoms with Crippen molar-refractivity contribution in [2.45, 2.75) is 35.1 Å². The number of rotatable bonds is 0. The average Bonchev–Trinajstić information content (AvgIpc) is 1.68. The predicted octanol–water partition coefficient (Wildman–Crippen LogP) is 4.77. The summed E-state index contributed by atoms with van der Waals surface area (Å²) in [4.78, 5) is 0. The van der Waals surface area contributed by atoms with Crippen LogP contribution >= 0.6 is 40.0 Å². The van der Waals surface area contributed by atoms with Gasteiger partial charge < -0.3 is 0 Å². The monoisotopic (exact) mass is 405 g/mol. The average molecular weight is 405 g/mol. The maximum atomic E-state index is 2.37. The number of hydrogen-bond acceptors (Lipinski definition) is 0. The fourth-order valence-corrected chi connectivity index (χ4v) is 0.